The average molecular weight is 407 g/mol. The van der Waals surface area contributed by atoms with E-state index in [4.69, 9.17) is 0 Å². The first kappa shape index (κ1) is 19.4. The first-order valence-corrected chi connectivity index (χ1v) is 9.32. The predicted octanol–water partition coefficient (Wildman–Crippen LogP) is 0.875. The van der Waals surface area contributed by atoms with Crippen LogP contribution in [-0.4, -0.2) is 34.4 Å². The number of nitrogens with zero attached hydrogens (tertiary/aromatic N) is 6. The third-order valence-electron chi connectivity index (χ3n) is 5.06. The van der Waals surface area contributed by atoms with E-state index in [1.807, 2.05) is 37.3 Å². The van der Waals surface area contributed by atoms with Gasteiger partial charge in [-0.2, -0.15) is 5.10 Å². The molecule has 1 amide bonds. The molecule has 3 heterocycles. The summed E-state index contributed by atoms with van der Waals surface area (Å²) < 4.78 is 5.43. The minimum atomic E-state index is -0.602. The second-order valence-electron chi connectivity index (χ2n) is 7.10. The lowest BCUT2D eigenvalue weighted by atomic mass is 10.3. The van der Waals surface area contributed by atoms with E-state index in [2.05, 4.69) is 15.4 Å². The Hall–Kier alpha value is -3.95. The predicted molar refractivity (Wildman–Crippen MR) is 112 cm³/mol. The fourth-order valence-corrected chi connectivity index (χ4v) is 3.50. The molecule has 0 spiro atoms. The summed E-state index contributed by atoms with van der Waals surface area (Å²) in [6.45, 7) is 3.21. The van der Waals surface area contributed by atoms with Gasteiger partial charge in [0.25, 0.3) is 5.56 Å². The van der Waals surface area contributed by atoms with Crippen molar-refractivity contribution in [2.45, 2.75) is 20.4 Å². The molecule has 0 aliphatic rings. The number of hydrogen-bond donors (Lipinski definition) is 1. The van der Waals surface area contributed by atoms with Crippen molar-refractivity contribution >= 4 is 22.8 Å². The average Bonchev–Trinajstić information content (AvgIpc) is 3.25. The maximum atomic E-state index is 12.8. The molecule has 0 bridgehead atoms. The molecular weight excluding hydrogens is 386 g/mol. The zero-order chi connectivity index (χ0) is 21.6. The molecule has 3 aromatic heterocycles. The normalized spacial score (nSPS) is 11.2. The number of carbonyl (C=O) groups excluding carboxylic acids is 1. The zero-order valence-corrected chi connectivity index (χ0v) is 17.1. The van der Waals surface area contributed by atoms with Gasteiger partial charge in [0.1, 0.15) is 6.54 Å². The van der Waals surface area contributed by atoms with E-state index < -0.39 is 23.7 Å². The molecule has 1 N–H and O–H groups in total. The fraction of sp³-hybridized carbons (Fsp3) is 0.250. The summed E-state index contributed by atoms with van der Waals surface area (Å²) in [5, 5.41) is 7.29. The molecule has 0 aliphatic heterocycles. The van der Waals surface area contributed by atoms with E-state index in [1.54, 1.807) is 18.7 Å². The summed E-state index contributed by atoms with van der Waals surface area (Å²) in [6, 6.07) is 9.55. The van der Waals surface area contributed by atoms with E-state index in [0.717, 1.165) is 15.9 Å². The first-order chi connectivity index (χ1) is 14.3. The number of imidazole rings is 1. The number of anilines is 1. The smallest absolute Gasteiger partial charge is 0.328 e. The third-order valence-corrected chi connectivity index (χ3v) is 5.06. The van der Waals surface area contributed by atoms with Crippen LogP contribution in [0.3, 0.4) is 0 Å². The van der Waals surface area contributed by atoms with Crippen LogP contribution in [0, 0.1) is 13.8 Å². The molecule has 0 atom stereocenters. The van der Waals surface area contributed by atoms with Crippen molar-refractivity contribution in [2.24, 2.45) is 14.1 Å². The van der Waals surface area contributed by atoms with Gasteiger partial charge in [-0.15, -0.1) is 0 Å². The zero-order valence-electron chi connectivity index (χ0n) is 17.1. The van der Waals surface area contributed by atoms with E-state index in [-0.39, 0.29) is 11.2 Å². The van der Waals surface area contributed by atoms with Crippen LogP contribution in [-0.2, 0) is 25.4 Å². The number of nitrogens with one attached hydrogen (secondary N) is 1. The highest BCUT2D eigenvalue weighted by Gasteiger charge is 2.19. The molecule has 0 unspecified atom stereocenters. The Morgan fingerprint density at radius 1 is 1.10 bits per heavy atom. The summed E-state index contributed by atoms with van der Waals surface area (Å²) in [7, 11) is 3.18. The SMILES string of the molecule is Cc1nn(-c2ccccc2)c(C)c1NC(=O)Cn1c(=O)c2c(ncn2C)n(C)c1=O. The van der Waals surface area contributed by atoms with Gasteiger partial charge in [0, 0.05) is 14.1 Å². The third kappa shape index (κ3) is 3.02. The molecule has 154 valence electrons. The lowest BCUT2D eigenvalue weighted by molar-refractivity contribution is -0.116. The van der Waals surface area contributed by atoms with Crippen LogP contribution in [0.15, 0.2) is 46.2 Å². The molecule has 1 aromatic carbocycles. The fourth-order valence-electron chi connectivity index (χ4n) is 3.50. The van der Waals surface area contributed by atoms with Gasteiger partial charge >= 0.3 is 5.69 Å². The molecule has 0 radical (unpaired) electrons. The summed E-state index contributed by atoms with van der Waals surface area (Å²) in [6.07, 6.45) is 1.46. The Kier molecular flexibility index (Phi) is 4.61. The Labute approximate surface area is 171 Å². The van der Waals surface area contributed by atoms with Crippen molar-refractivity contribution in [1.29, 1.82) is 0 Å². The van der Waals surface area contributed by atoms with Gasteiger partial charge in [-0.3, -0.25) is 14.2 Å². The van der Waals surface area contributed by atoms with E-state index in [1.165, 1.54) is 22.5 Å². The van der Waals surface area contributed by atoms with E-state index >= 15 is 0 Å². The number of amides is 1. The monoisotopic (exact) mass is 407 g/mol. The number of hydrogen-bond acceptors (Lipinski definition) is 5. The number of para-hydroxylation sites is 1. The number of aryl methyl sites for hydroxylation is 3. The Morgan fingerprint density at radius 2 is 1.80 bits per heavy atom. The van der Waals surface area contributed by atoms with Crippen LogP contribution >= 0.6 is 0 Å². The highest BCUT2D eigenvalue weighted by Crippen LogP contribution is 2.22. The topological polar surface area (TPSA) is 109 Å². The molecule has 10 heteroatoms. The van der Waals surface area contributed by atoms with Crippen molar-refractivity contribution < 1.29 is 4.79 Å². The minimum Gasteiger partial charge on any atom is -0.328 e. The summed E-state index contributed by atoms with van der Waals surface area (Å²) in [5.74, 6) is -0.491. The van der Waals surface area contributed by atoms with Gasteiger partial charge < -0.3 is 9.88 Å². The number of carbonyl (C=O) groups is 1. The van der Waals surface area contributed by atoms with Crippen molar-refractivity contribution in [3.05, 3.63) is 68.9 Å². The summed E-state index contributed by atoms with van der Waals surface area (Å²) in [5.41, 5.74) is 2.17. The molecule has 0 aliphatic carbocycles. The van der Waals surface area contributed by atoms with Crippen LogP contribution in [0.2, 0.25) is 0 Å². The lowest BCUT2D eigenvalue weighted by Crippen LogP contribution is -2.42. The van der Waals surface area contributed by atoms with Crippen molar-refractivity contribution in [1.82, 2.24) is 28.5 Å². The number of rotatable bonds is 4. The first-order valence-electron chi connectivity index (χ1n) is 9.32. The molecule has 4 aromatic rings. The quantitative estimate of drug-likeness (QED) is 0.540. The van der Waals surface area contributed by atoms with Crippen molar-refractivity contribution in [3.8, 4) is 5.69 Å². The second kappa shape index (κ2) is 7.14. The van der Waals surface area contributed by atoms with E-state index in [0.29, 0.717) is 11.4 Å². The van der Waals surface area contributed by atoms with Crippen LogP contribution < -0.4 is 16.6 Å². The number of fused-ring (bicyclic) bond motifs is 1. The maximum absolute atomic E-state index is 12.8. The van der Waals surface area contributed by atoms with Crippen LogP contribution in [0.25, 0.3) is 16.9 Å². The molecule has 10 nitrogen and oxygen atoms in total. The molecular formula is C20H21N7O3. The van der Waals surface area contributed by atoms with Crippen LogP contribution in [0.1, 0.15) is 11.4 Å². The number of benzene rings is 1. The molecule has 0 fully saturated rings. The molecule has 0 saturated carbocycles. The van der Waals surface area contributed by atoms with Gasteiger partial charge in [0.2, 0.25) is 5.91 Å². The molecule has 0 saturated heterocycles. The largest absolute Gasteiger partial charge is 0.332 e. The molecule has 4 rings (SSSR count). The van der Waals surface area contributed by atoms with E-state index in [9.17, 15) is 14.4 Å². The van der Waals surface area contributed by atoms with Crippen LogP contribution in [0.4, 0.5) is 5.69 Å². The molecule has 30 heavy (non-hydrogen) atoms. The van der Waals surface area contributed by atoms with Gasteiger partial charge in [-0.05, 0) is 26.0 Å². The van der Waals surface area contributed by atoms with Gasteiger partial charge in [0.15, 0.2) is 11.2 Å². The van der Waals surface area contributed by atoms with Gasteiger partial charge in [-0.25, -0.2) is 19.0 Å². The highest BCUT2D eigenvalue weighted by molar-refractivity contribution is 5.92. The second-order valence-corrected chi connectivity index (χ2v) is 7.10. The summed E-state index contributed by atoms with van der Waals surface area (Å²) in [4.78, 5) is 42.2. The van der Waals surface area contributed by atoms with Crippen molar-refractivity contribution in [2.75, 3.05) is 5.32 Å². The highest BCUT2D eigenvalue weighted by atomic mass is 16.2. The maximum Gasteiger partial charge on any atom is 0.332 e. The Bertz CT molecular complexity index is 1390. The Balaban J connectivity index is 1.67. The lowest BCUT2D eigenvalue weighted by Gasteiger charge is -2.10. The Morgan fingerprint density at radius 3 is 2.50 bits per heavy atom. The van der Waals surface area contributed by atoms with Crippen molar-refractivity contribution in [3.63, 3.8) is 0 Å². The minimum absolute atomic E-state index is 0.258. The number of aromatic nitrogens is 6. The van der Waals surface area contributed by atoms with Gasteiger partial charge in [-0.1, -0.05) is 18.2 Å². The van der Waals surface area contributed by atoms with Gasteiger partial charge in [0.05, 0.1) is 29.1 Å². The summed E-state index contributed by atoms with van der Waals surface area (Å²) >= 11 is 0. The van der Waals surface area contributed by atoms with Crippen LogP contribution in [0.5, 0.6) is 0 Å². The standard InChI is InChI=1S/C20H21N7O3/c1-12-16(13(2)27(23-12)14-8-6-5-7-9-14)22-15(28)10-26-19(29)17-18(21-11-24(17)3)25(4)20(26)30/h5-9,11H,10H2,1-4H3,(H,22,28).